The molecular weight excluding hydrogens is 304 g/mol. The molecule has 0 aromatic heterocycles. The number of hydrogen-bond donors (Lipinski definition) is 0. The Morgan fingerprint density at radius 3 is 2.33 bits per heavy atom. The summed E-state index contributed by atoms with van der Waals surface area (Å²) in [7, 11) is 0. The van der Waals surface area contributed by atoms with E-state index in [0.717, 1.165) is 24.8 Å². The van der Waals surface area contributed by atoms with Crippen molar-refractivity contribution in [3.05, 3.63) is 35.9 Å². The molecule has 0 aliphatic carbocycles. The van der Waals surface area contributed by atoms with Gasteiger partial charge in [0.05, 0.1) is 12.3 Å². The van der Waals surface area contributed by atoms with E-state index in [1.54, 1.807) is 0 Å². The van der Waals surface area contributed by atoms with Gasteiger partial charge < -0.3 is 9.47 Å². The molecule has 1 atom stereocenters. The predicted octanol–water partition coefficient (Wildman–Crippen LogP) is 4.66. The highest BCUT2D eigenvalue weighted by atomic mass is 16.6. The molecule has 0 heterocycles. The molecule has 0 saturated heterocycles. The quantitative estimate of drug-likeness (QED) is 0.487. The van der Waals surface area contributed by atoms with E-state index in [1.807, 2.05) is 51.1 Å². The molecule has 0 aliphatic rings. The van der Waals surface area contributed by atoms with Crippen LogP contribution in [0.15, 0.2) is 30.3 Å². The number of carbonyl (C=O) groups is 2. The molecule has 4 nitrogen and oxygen atoms in total. The van der Waals surface area contributed by atoms with Crippen LogP contribution < -0.4 is 0 Å². The van der Waals surface area contributed by atoms with Gasteiger partial charge in [0.15, 0.2) is 0 Å². The van der Waals surface area contributed by atoms with Gasteiger partial charge in [0, 0.05) is 0 Å². The molecule has 4 heteroatoms. The zero-order valence-electron chi connectivity index (χ0n) is 15.3. The van der Waals surface area contributed by atoms with Crippen molar-refractivity contribution in [1.82, 2.24) is 0 Å². The van der Waals surface area contributed by atoms with Crippen molar-refractivity contribution in [3.8, 4) is 0 Å². The maximum absolute atomic E-state index is 12.4. The maximum atomic E-state index is 12.4. The van der Waals surface area contributed by atoms with Crippen molar-refractivity contribution >= 4 is 11.9 Å². The summed E-state index contributed by atoms with van der Waals surface area (Å²) in [5.74, 6) is -1.10. The predicted molar refractivity (Wildman–Crippen MR) is 94.3 cm³/mol. The van der Waals surface area contributed by atoms with Crippen LogP contribution in [0.3, 0.4) is 0 Å². The standard InChI is InChI=1S/C20H30O4/c1-5-6-8-13-17(14-18(21)24-20(2,3)4)19(22)23-15-16-11-9-7-10-12-16/h7,9-12,17H,5-6,8,13-15H2,1-4H3/t17-/m0/s1. The SMILES string of the molecule is CCCCC[C@@H](CC(=O)OC(C)(C)C)C(=O)OCc1ccccc1. The topological polar surface area (TPSA) is 52.6 Å². The summed E-state index contributed by atoms with van der Waals surface area (Å²) in [6.45, 7) is 7.81. The van der Waals surface area contributed by atoms with Gasteiger partial charge >= 0.3 is 11.9 Å². The lowest BCUT2D eigenvalue weighted by atomic mass is 9.98. The Morgan fingerprint density at radius 2 is 1.75 bits per heavy atom. The highest BCUT2D eigenvalue weighted by Crippen LogP contribution is 2.19. The molecule has 1 aromatic rings. The minimum Gasteiger partial charge on any atom is -0.461 e. The van der Waals surface area contributed by atoms with Gasteiger partial charge in [0.1, 0.15) is 12.2 Å². The van der Waals surface area contributed by atoms with Crippen molar-refractivity contribution in [2.75, 3.05) is 0 Å². The Labute approximate surface area is 145 Å². The largest absolute Gasteiger partial charge is 0.461 e. The molecule has 0 bridgehead atoms. The van der Waals surface area contributed by atoms with Crippen LogP contribution in [0.5, 0.6) is 0 Å². The number of ether oxygens (including phenoxy) is 2. The minimum atomic E-state index is -0.543. The van der Waals surface area contributed by atoms with Crippen molar-refractivity contribution in [2.45, 2.75) is 72.0 Å². The lowest BCUT2D eigenvalue weighted by Crippen LogP contribution is -2.28. The number of rotatable bonds is 9. The molecule has 134 valence electrons. The molecule has 0 saturated carbocycles. The normalized spacial score (nSPS) is 12.5. The van der Waals surface area contributed by atoms with Crippen LogP contribution in [0.1, 0.15) is 65.4 Å². The zero-order chi connectivity index (χ0) is 18.0. The van der Waals surface area contributed by atoms with Gasteiger partial charge in [0.25, 0.3) is 0 Å². The van der Waals surface area contributed by atoms with Crippen LogP contribution in [-0.2, 0) is 25.7 Å². The molecule has 1 aromatic carbocycles. The summed E-state index contributed by atoms with van der Waals surface area (Å²) >= 11 is 0. The van der Waals surface area contributed by atoms with Crippen molar-refractivity contribution in [2.24, 2.45) is 5.92 Å². The number of carbonyl (C=O) groups excluding carboxylic acids is 2. The molecule has 0 spiro atoms. The van der Waals surface area contributed by atoms with Gasteiger partial charge in [-0.1, -0.05) is 56.5 Å². The van der Waals surface area contributed by atoms with Gasteiger partial charge in [-0.3, -0.25) is 9.59 Å². The summed E-state index contributed by atoms with van der Waals surface area (Å²) in [6.07, 6.45) is 3.74. The molecule has 0 N–H and O–H groups in total. The molecule has 0 amide bonds. The van der Waals surface area contributed by atoms with E-state index in [1.165, 1.54) is 0 Å². The lowest BCUT2D eigenvalue weighted by Gasteiger charge is -2.21. The van der Waals surface area contributed by atoms with E-state index in [4.69, 9.17) is 9.47 Å². The van der Waals surface area contributed by atoms with E-state index in [0.29, 0.717) is 6.42 Å². The molecule has 0 radical (unpaired) electrons. The lowest BCUT2D eigenvalue weighted by molar-refractivity contribution is -0.162. The Bertz CT molecular complexity index is 502. The zero-order valence-corrected chi connectivity index (χ0v) is 15.3. The second kappa shape index (κ2) is 10.1. The van der Waals surface area contributed by atoms with E-state index < -0.39 is 11.5 Å². The van der Waals surface area contributed by atoms with Crippen molar-refractivity contribution in [3.63, 3.8) is 0 Å². The first-order valence-corrected chi connectivity index (χ1v) is 8.74. The summed E-state index contributed by atoms with van der Waals surface area (Å²) in [5.41, 5.74) is 0.398. The molecule has 1 rings (SSSR count). The number of esters is 2. The van der Waals surface area contributed by atoms with Gasteiger partial charge in [-0.05, 0) is 32.8 Å². The van der Waals surface area contributed by atoms with Crippen LogP contribution in [0.4, 0.5) is 0 Å². The van der Waals surface area contributed by atoms with Gasteiger partial charge in [-0.15, -0.1) is 0 Å². The van der Waals surface area contributed by atoms with Crippen LogP contribution >= 0.6 is 0 Å². The molecular formula is C20H30O4. The third-order valence-corrected chi connectivity index (χ3v) is 3.55. The van der Waals surface area contributed by atoms with Gasteiger partial charge in [0.2, 0.25) is 0 Å². The minimum absolute atomic E-state index is 0.0780. The Morgan fingerprint density at radius 1 is 1.08 bits per heavy atom. The summed E-state index contributed by atoms with van der Waals surface area (Å²) in [5, 5.41) is 0. The first kappa shape index (κ1) is 20.2. The Balaban J connectivity index is 2.58. The first-order chi connectivity index (χ1) is 11.3. The highest BCUT2D eigenvalue weighted by molar-refractivity contribution is 5.80. The third kappa shape index (κ3) is 8.70. The van der Waals surface area contributed by atoms with Crippen LogP contribution in [-0.4, -0.2) is 17.5 Å². The second-order valence-electron chi connectivity index (χ2n) is 7.08. The van der Waals surface area contributed by atoms with E-state index in [9.17, 15) is 9.59 Å². The average Bonchev–Trinajstić information content (AvgIpc) is 2.51. The number of unbranched alkanes of at least 4 members (excludes halogenated alkanes) is 2. The first-order valence-electron chi connectivity index (χ1n) is 8.74. The van der Waals surface area contributed by atoms with Crippen molar-refractivity contribution < 1.29 is 19.1 Å². The number of hydrogen-bond acceptors (Lipinski definition) is 4. The third-order valence-electron chi connectivity index (χ3n) is 3.55. The van der Waals surface area contributed by atoms with E-state index >= 15 is 0 Å². The van der Waals surface area contributed by atoms with Crippen LogP contribution in [0.25, 0.3) is 0 Å². The molecule has 0 unspecified atom stereocenters. The fraction of sp³-hybridized carbons (Fsp3) is 0.600. The monoisotopic (exact) mass is 334 g/mol. The van der Waals surface area contributed by atoms with E-state index in [-0.39, 0.29) is 25.0 Å². The maximum Gasteiger partial charge on any atom is 0.309 e. The van der Waals surface area contributed by atoms with E-state index in [2.05, 4.69) is 6.92 Å². The Kier molecular flexibility index (Phi) is 8.51. The van der Waals surface area contributed by atoms with Gasteiger partial charge in [-0.2, -0.15) is 0 Å². The molecule has 0 fully saturated rings. The highest BCUT2D eigenvalue weighted by Gasteiger charge is 2.26. The Hall–Kier alpha value is -1.84. The smallest absolute Gasteiger partial charge is 0.309 e. The fourth-order valence-corrected chi connectivity index (χ4v) is 2.37. The average molecular weight is 334 g/mol. The molecule has 24 heavy (non-hydrogen) atoms. The van der Waals surface area contributed by atoms with Crippen LogP contribution in [0, 0.1) is 5.92 Å². The molecule has 0 aliphatic heterocycles. The van der Waals surface area contributed by atoms with Gasteiger partial charge in [-0.25, -0.2) is 0 Å². The number of benzene rings is 1. The van der Waals surface area contributed by atoms with Crippen molar-refractivity contribution in [1.29, 1.82) is 0 Å². The van der Waals surface area contributed by atoms with Crippen LogP contribution in [0.2, 0.25) is 0 Å². The fourth-order valence-electron chi connectivity index (χ4n) is 2.37. The summed E-state index contributed by atoms with van der Waals surface area (Å²) in [6, 6.07) is 9.55. The second-order valence-corrected chi connectivity index (χ2v) is 7.08. The summed E-state index contributed by atoms with van der Waals surface area (Å²) < 4.78 is 10.7. The summed E-state index contributed by atoms with van der Waals surface area (Å²) in [4.78, 5) is 24.4.